The van der Waals surface area contributed by atoms with Crippen LogP contribution in [0, 0.1) is 0 Å². The van der Waals surface area contributed by atoms with Crippen LogP contribution in [0.5, 0.6) is 0 Å². The van der Waals surface area contributed by atoms with Gasteiger partial charge in [0.15, 0.2) is 0 Å². The van der Waals surface area contributed by atoms with Crippen LogP contribution in [0.2, 0.25) is 0 Å². The van der Waals surface area contributed by atoms with Crippen LogP contribution in [0.3, 0.4) is 0 Å². The molecule has 0 aliphatic carbocycles. The molecule has 2 heterocycles. The number of aromatic nitrogens is 7. The van der Waals surface area contributed by atoms with E-state index in [0.717, 1.165) is 24.1 Å². The highest BCUT2D eigenvalue weighted by atomic mass is 16.3. The Hall–Kier alpha value is -2.61. The number of aliphatic hydroxyl groups excluding tert-OH is 1. The molecule has 8 heteroatoms. The average Bonchev–Trinajstić information content (AvgIpc) is 3.32. The molecule has 1 aromatic carbocycles. The van der Waals surface area contributed by atoms with Crippen LogP contribution in [0.1, 0.15) is 61.8 Å². The molecule has 0 saturated heterocycles. The van der Waals surface area contributed by atoms with Crippen LogP contribution in [0.15, 0.2) is 36.5 Å². The number of benzene rings is 1. The zero-order valence-electron chi connectivity index (χ0n) is 14.3. The summed E-state index contributed by atoms with van der Waals surface area (Å²) in [6.07, 6.45) is 6.53. The van der Waals surface area contributed by atoms with E-state index in [4.69, 9.17) is 0 Å². The van der Waals surface area contributed by atoms with Gasteiger partial charge in [0.05, 0.1) is 5.69 Å². The number of nitrogens with zero attached hydrogens (tertiary/aromatic N) is 6. The first-order chi connectivity index (χ1) is 12.3. The Morgan fingerprint density at radius 2 is 1.96 bits per heavy atom. The first-order valence-electron chi connectivity index (χ1n) is 8.66. The molecule has 8 nitrogen and oxygen atoms in total. The third-order valence-electron chi connectivity index (χ3n) is 4.20. The number of aryl methyl sites for hydroxylation is 1. The molecule has 0 aliphatic heterocycles. The molecule has 0 aliphatic rings. The largest absolute Gasteiger partial charge is 0.382 e. The van der Waals surface area contributed by atoms with Crippen LogP contribution in [-0.4, -0.2) is 40.7 Å². The van der Waals surface area contributed by atoms with E-state index in [-0.39, 0.29) is 5.82 Å². The highest BCUT2D eigenvalue weighted by molar-refractivity contribution is 5.22. The summed E-state index contributed by atoms with van der Waals surface area (Å²) in [6.45, 7) is 2.19. The first-order valence-corrected chi connectivity index (χ1v) is 8.66. The van der Waals surface area contributed by atoms with E-state index >= 15 is 0 Å². The van der Waals surface area contributed by atoms with Gasteiger partial charge in [-0.2, -0.15) is 5.21 Å². The molecule has 0 saturated carbocycles. The average molecular weight is 341 g/mol. The van der Waals surface area contributed by atoms with E-state index < -0.39 is 12.1 Å². The van der Waals surface area contributed by atoms with Gasteiger partial charge in [-0.15, -0.1) is 15.3 Å². The number of hydrogen-bond acceptors (Lipinski definition) is 6. The van der Waals surface area contributed by atoms with E-state index in [1.165, 1.54) is 19.3 Å². The minimum absolute atomic E-state index is 0.230. The van der Waals surface area contributed by atoms with E-state index in [0.29, 0.717) is 0 Å². The third-order valence-corrected chi connectivity index (χ3v) is 4.20. The van der Waals surface area contributed by atoms with Gasteiger partial charge in [-0.25, -0.2) is 4.68 Å². The minimum Gasteiger partial charge on any atom is -0.382 e. The summed E-state index contributed by atoms with van der Waals surface area (Å²) in [5.41, 5.74) is 1.83. The Morgan fingerprint density at radius 1 is 1.12 bits per heavy atom. The van der Waals surface area contributed by atoms with Gasteiger partial charge < -0.3 is 5.11 Å². The summed E-state index contributed by atoms with van der Waals surface area (Å²) < 4.78 is 1.69. The van der Waals surface area contributed by atoms with Crippen molar-refractivity contribution in [2.24, 2.45) is 0 Å². The number of H-pyrrole nitrogens is 1. The molecule has 0 amide bonds. The van der Waals surface area contributed by atoms with Gasteiger partial charge in [-0.05, 0) is 18.4 Å². The molecule has 2 unspecified atom stereocenters. The summed E-state index contributed by atoms with van der Waals surface area (Å²) in [4.78, 5) is 0. The van der Waals surface area contributed by atoms with Gasteiger partial charge in [-0.1, -0.05) is 66.9 Å². The lowest BCUT2D eigenvalue weighted by molar-refractivity contribution is 0.115. The van der Waals surface area contributed by atoms with Crippen molar-refractivity contribution in [3.63, 3.8) is 0 Å². The molecular weight excluding hydrogens is 318 g/mol. The van der Waals surface area contributed by atoms with Crippen molar-refractivity contribution in [1.29, 1.82) is 0 Å². The fraction of sp³-hybridized carbons (Fsp3) is 0.471. The van der Waals surface area contributed by atoms with Gasteiger partial charge in [0, 0.05) is 6.20 Å². The lowest BCUT2D eigenvalue weighted by Crippen LogP contribution is -2.21. The van der Waals surface area contributed by atoms with Crippen molar-refractivity contribution in [2.75, 3.05) is 0 Å². The highest BCUT2D eigenvalue weighted by Gasteiger charge is 2.29. The maximum Gasteiger partial charge on any atom is 0.205 e. The van der Waals surface area contributed by atoms with Gasteiger partial charge in [0.25, 0.3) is 0 Å². The number of rotatable bonds is 9. The Kier molecular flexibility index (Phi) is 5.84. The lowest BCUT2D eigenvalue weighted by atomic mass is 10.0. The van der Waals surface area contributed by atoms with Crippen molar-refractivity contribution in [3.05, 3.63) is 53.6 Å². The molecule has 3 rings (SSSR count). The molecular formula is C17H23N7O. The lowest BCUT2D eigenvalue weighted by Gasteiger charge is -2.21. The van der Waals surface area contributed by atoms with Gasteiger partial charge in [-0.3, -0.25) is 0 Å². The van der Waals surface area contributed by atoms with Crippen LogP contribution in [0.25, 0.3) is 0 Å². The van der Waals surface area contributed by atoms with Crippen molar-refractivity contribution in [2.45, 2.75) is 51.2 Å². The number of nitrogens with one attached hydrogen (secondary N) is 1. The Labute approximate surface area is 146 Å². The second-order valence-corrected chi connectivity index (χ2v) is 6.07. The number of tetrazole rings is 1. The fourth-order valence-electron chi connectivity index (χ4n) is 2.86. The molecule has 0 bridgehead atoms. The van der Waals surface area contributed by atoms with E-state index in [2.05, 4.69) is 37.9 Å². The van der Waals surface area contributed by atoms with Crippen LogP contribution < -0.4 is 0 Å². The number of unbranched alkanes of at least 4 members (excludes halogenated alkanes) is 3. The summed E-state index contributed by atoms with van der Waals surface area (Å²) in [6, 6.07) is 9.20. The van der Waals surface area contributed by atoms with Gasteiger partial charge in [0.2, 0.25) is 5.82 Å². The van der Waals surface area contributed by atoms with Crippen molar-refractivity contribution in [1.82, 2.24) is 35.6 Å². The third kappa shape index (κ3) is 4.27. The van der Waals surface area contributed by atoms with Crippen LogP contribution in [-0.2, 0) is 6.42 Å². The molecule has 132 valence electrons. The summed E-state index contributed by atoms with van der Waals surface area (Å²) in [5.74, 6) is 0.230. The summed E-state index contributed by atoms with van der Waals surface area (Å²) in [5, 5.41) is 33.0. The van der Waals surface area contributed by atoms with Crippen molar-refractivity contribution in [3.8, 4) is 0 Å². The zero-order chi connectivity index (χ0) is 17.5. The molecule has 0 spiro atoms. The summed E-state index contributed by atoms with van der Waals surface area (Å²) in [7, 11) is 0. The topological polar surface area (TPSA) is 105 Å². The smallest absolute Gasteiger partial charge is 0.205 e. The maximum absolute atomic E-state index is 10.8. The fourth-order valence-corrected chi connectivity index (χ4v) is 2.86. The second-order valence-electron chi connectivity index (χ2n) is 6.07. The molecule has 3 aromatic rings. The van der Waals surface area contributed by atoms with Crippen LogP contribution in [0.4, 0.5) is 0 Å². The molecule has 0 radical (unpaired) electrons. The molecule has 0 fully saturated rings. The molecule has 25 heavy (non-hydrogen) atoms. The van der Waals surface area contributed by atoms with Crippen LogP contribution >= 0.6 is 0 Å². The standard InChI is InChI=1S/C17H23N7O/c1-2-3-4-8-11-14-12-24(23-18-14)15(13-9-6-5-7-10-13)16(25)17-19-21-22-20-17/h5-7,9-10,12,15-16,25H,2-4,8,11H2,1H3,(H,19,20,21,22). The molecule has 2 aromatic heterocycles. The quantitative estimate of drug-likeness (QED) is 0.578. The predicted molar refractivity (Wildman–Crippen MR) is 91.6 cm³/mol. The monoisotopic (exact) mass is 341 g/mol. The number of hydrogen-bond donors (Lipinski definition) is 2. The van der Waals surface area contributed by atoms with E-state index in [9.17, 15) is 5.11 Å². The minimum atomic E-state index is -0.976. The second kappa shape index (κ2) is 8.48. The Balaban J connectivity index is 1.81. The van der Waals surface area contributed by atoms with Gasteiger partial charge in [0.1, 0.15) is 12.1 Å². The maximum atomic E-state index is 10.8. The van der Waals surface area contributed by atoms with Crippen molar-refractivity contribution < 1.29 is 5.11 Å². The Bertz CT molecular complexity index is 741. The number of aromatic amines is 1. The van der Waals surface area contributed by atoms with Crippen molar-refractivity contribution >= 4 is 0 Å². The Morgan fingerprint density at radius 3 is 2.68 bits per heavy atom. The zero-order valence-corrected chi connectivity index (χ0v) is 14.3. The SMILES string of the molecule is CCCCCCc1cn(C(c2ccccc2)C(O)c2nn[nH]n2)nn1. The van der Waals surface area contributed by atoms with E-state index in [1.54, 1.807) is 4.68 Å². The summed E-state index contributed by atoms with van der Waals surface area (Å²) >= 11 is 0. The number of aliphatic hydroxyl groups is 1. The van der Waals surface area contributed by atoms with Gasteiger partial charge >= 0.3 is 0 Å². The highest BCUT2D eigenvalue weighted by Crippen LogP contribution is 2.29. The molecule has 2 atom stereocenters. The van der Waals surface area contributed by atoms with E-state index in [1.807, 2.05) is 36.5 Å². The normalized spacial score (nSPS) is 13.7. The predicted octanol–water partition coefficient (Wildman–Crippen LogP) is 2.24. The first kappa shape index (κ1) is 17.2. The molecule has 2 N–H and O–H groups in total.